The molecule has 190 valence electrons. The molecule has 4 nitrogen and oxygen atoms in total. The minimum absolute atomic E-state index is 0.113. The highest BCUT2D eigenvalue weighted by Gasteiger charge is 2.50. The molecule has 1 saturated carbocycles. The molecule has 5 rings (SSSR count). The number of pyridine rings is 2. The van der Waals surface area contributed by atoms with Crippen molar-refractivity contribution < 1.29 is 4.55 Å². The average molecular weight is 561 g/mol. The molecule has 2 aliphatic carbocycles. The molecule has 3 aromatic rings. The number of hydrogen-bond acceptors (Lipinski definition) is 5. The van der Waals surface area contributed by atoms with Crippen LogP contribution in [-0.4, -0.2) is 19.3 Å². The lowest BCUT2D eigenvalue weighted by atomic mass is 9.66. The molecular formula is C28H31Cl2N3OS2. The second kappa shape index (κ2) is 10.5. The van der Waals surface area contributed by atoms with Crippen LogP contribution in [0.4, 0.5) is 0 Å². The Morgan fingerprint density at radius 3 is 2.50 bits per heavy atom. The van der Waals surface area contributed by atoms with Crippen molar-refractivity contribution in [3.8, 4) is 0 Å². The van der Waals surface area contributed by atoms with Crippen LogP contribution in [0.5, 0.6) is 0 Å². The third-order valence-electron chi connectivity index (χ3n) is 7.54. The molecule has 0 bridgehead atoms. The highest BCUT2D eigenvalue weighted by molar-refractivity contribution is 7.99. The normalized spacial score (nSPS) is 24.6. The molecule has 0 saturated heterocycles. The highest BCUT2D eigenvalue weighted by atomic mass is 35.5. The van der Waals surface area contributed by atoms with Gasteiger partial charge in [0.05, 0.1) is 11.1 Å². The predicted molar refractivity (Wildman–Crippen MR) is 150 cm³/mol. The molecule has 2 atom stereocenters. The van der Waals surface area contributed by atoms with Gasteiger partial charge in [-0.05, 0) is 93.0 Å². The van der Waals surface area contributed by atoms with E-state index in [1.165, 1.54) is 28.5 Å². The summed E-state index contributed by atoms with van der Waals surface area (Å²) in [5.74, 6) is 0.485. The summed E-state index contributed by atoms with van der Waals surface area (Å²) in [6, 6.07) is 14.9. The quantitative estimate of drug-likeness (QED) is 0.254. The van der Waals surface area contributed by atoms with Crippen LogP contribution in [0, 0.1) is 5.41 Å². The van der Waals surface area contributed by atoms with E-state index in [4.69, 9.17) is 28.2 Å². The van der Waals surface area contributed by atoms with E-state index in [0.717, 1.165) is 42.0 Å². The first-order chi connectivity index (χ1) is 17.2. The van der Waals surface area contributed by atoms with E-state index in [1.807, 2.05) is 33.0 Å². The van der Waals surface area contributed by atoms with Gasteiger partial charge in [-0.3, -0.25) is 0 Å². The van der Waals surface area contributed by atoms with Crippen molar-refractivity contribution in [3.05, 3.63) is 81.7 Å². The Hall–Kier alpha value is -1.28. The van der Waals surface area contributed by atoms with Gasteiger partial charge < -0.3 is 4.55 Å². The molecule has 1 spiro atoms. The SMILES string of the molecule is CC(C)(C)[S+]([O-])N[C@H]1c2ccccc2CC12CCC(c1ccc(Sc3ccnc(Cl)c3Cl)nc1)CC2. The second-order valence-electron chi connectivity index (χ2n) is 10.9. The average Bonchev–Trinajstić information content (AvgIpc) is 3.15. The molecule has 0 radical (unpaired) electrons. The van der Waals surface area contributed by atoms with E-state index >= 15 is 0 Å². The molecule has 8 heteroatoms. The largest absolute Gasteiger partial charge is 0.598 e. The lowest BCUT2D eigenvalue weighted by molar-refractivity contribution is 0.140. The van der Waals surface area contributed by atoms with Gasteiger partial charge in [-0.25, -0.2) is 9.97 Å². The molecule has 1 N–H and O–H groups in total. The van der Waals surface area contributed by atoms with Gasteiger partial charge in [-0.15, -0.1) is 4.72 Å². The first kappa shape index (κ1) is 26.3. The van der Waals surface area contributed by atoms with Gasteiger partial charge in [0, 0.05) is 28.7 Å². The summed E-state index contributed by atoms with van der Waals surface area (Å²) in [6.45, 7) is 6.10. The van der Waals surface area contributed by atoms with Crippen LogP contribution in [0.1, 0.15) is 75.1 Å². The van der Waals surface area contributed by atoms with E-state index in [1.54, 1.807) is 6.20 Å². The van der Waals surface area contributed by atoms with E-state index in [9.17, 15) is 4.55 Å². The lowest BCUT2D eigenvalue weighted by Crippen LogP contribution is -2.46. The number of hydrogen-bond donors (Lipinski definition) is 1. The first-order valence-electron chi connectivity index (χ1n) is 12.4. The fraction of sp³-hybridized carbons (Fsp3) is 0.429. The van der Waals surface area contributed by atoms with Crippen LogP contribution in [0.15, 0.2) is 64.8 Å². The van der Waals surface area contributed by atoms with Gasteiger partial charge in [0.2, 0.25) is 0 Å². The minimum atomic E-state index is -1.11. The summed E-state index contributed by atoms with van der Waals surface area (Å²) in [5.41, 5.74) is 4.12. The fourth-order valence-electron chi connectivity index (χ4n) is 5.54. The maximum absolute atomic E-state index is 13.1. The molecular weight excluding hydrogens is 529 g/mol. The smallest absolute Gasteiger partial charge is 0.148 e. The lowest BCUT2D eigenvalue weighted by Gasteiger charge is -2.42. The number of rotatable bonds is 5. The van der Waals surface area contributed by atoms with E-state index in [-0.39, 0.29) is 16.2 Å². The van der Waals surface area contributed by atoms with Crippen LogP contribution < -0.4 is 4.72 Å². The van der Waals surface area contributed by atoms with Gasteiger partial charge in [-0.2, -0.15) is 0 Å². The Morgan fingerprint density at radius 2 is 1.81 bits per heavy atom. The molecule has 2 heterocycles. The van der Waals surface area contributed by atoms with Crippen molar-refractivity contribution in [1.29, 1.82) is 0 Å². The number of nitrogens with zero attached hydrogens (tertiary/aromatic N) is 2. The maximum Gasteiger partial charge on any atom is 0.148 e. The van der Waals surface area contributed by atoms with Crippen LogP contribution >= 0.6 is 35.0 Å². The summed E-state index contributed by atoms with van der Waals surface area (Å²) in [4.78, 5) is 9.57. The zero-order valence-corrected chi connectivity index (χ0v) is 23.9. The summed E-state index contributed by atoms with van der Waals surface area (Å²) in [7, 11) is 0. The number of fused-ring (bicyclic) bond motifs is 1. The number of aromatic nitrogens is 2. The van der Waals surface area contributed by atoms with Crippen LogP contribution in [0.2, 0.25) is 10.2 Å². The first-order valence-corrected chi connectivity index (χ1v) is 15.1. The van der Waals surface area contributed by atoms with Gasteiger partial charge >= 0.3 is 0 Å². The summed E-state index contributed by atoms with van der Waals surface area (Å²) < 4.78 is 16.4. The Balaban J connectivity index is 1.29. The molecule has 2 aliphatic rings. The Morgan fingerprint density at radius 1 is 1.06 bits per heavy atom. The van der Waals surface area contributed by atoms with Crippen molar-refractivity contribution in [2.24, 2.45) is 5.41 Å². The van der Waals surface area contributed by atoms with Gasteiger partial charge in [0.15, 0.2) is 0 Å². The van der Waals surface area contributed by atoms with E-state index < -0.39 is 11.4 Å². The molecule has 1 fully saturated rings. The number of nitrogens with one attached hydrogen (secondary N) is 1. The van der Waals surface area contributed by atoms with Crippen molar-refractivity contribution in [1.82, 2.24) is 14.7 Å². The van der Waals surface area contributed by atoms with Crippen LogP contribution in [0.25, 0.3) is 0 Å². The fourth-order valence-corrected chi connectivity index (χ4v) is 7.71. The monoisotopic (exact) mass is 559 g/mol. The predicted octanol–water partition coefficient (Wildman–Crippen LogP) is 7.93. The summed E-state index contributed by atoms with van der Waals surface area (Å²) >= 11 is 12.7. The molecule has 2 aromatic heterocycles. The van der Waals surface area contributed by atoms with Gasteiger partial charge in [0.25, 0.3) is 0 Å². The Labute approximate surface area is 231 Å². The van der Waals surface area contributed by atoms with Crippen LogP contribution in [0.3, 0.4) is 0 Å². The standard InChI is InChI=1S/C28H31Cl2N3OS2/c1-27(2,3)36(34)33-25-21-7-5-4-6-19(21)16-28(25)13-10-18(11-14-28)20-8-9-23(32-17-20)35-22-12-15-31-26(30)24(22)29/h4-9,12,15,17-18,25,33H,10-11,13-14,16H2,1-3H3/t18?,25-,28?,36?/m0/s1. The van der Waals surface area contributed by atoms with Crippen LogP contribution in [-0.2, 0) is 17.8 Å². The summed E-state index contributed by atoms with van der Waals surface area (Å²) in [6.07, 6.45) is 9.14. The van der Waals surface area contributed by atoms with Gasteiger partial charge in [-0.1, -0.05) is 65.3 Å². The molecule has 36 heavy (non-hydrogen) atoms. The summed E-state index contributed by atoms with van der Waals surface area (Å²) in [5, 5.41) is 1.65. The third-order valence-corrected chi connectivity index (χ3v) is 11.0. The maximum atomic E-state index is 13.1. The third kappa shape index (κ3) is 5.31. The zero-order valence-electron chi connectivity index (χ0n) is 20.8. The minimum Gasteiger partial charge on any atom is -0.598 e. The Kier molecular flexibility index (Phi) is 7.66. The molecule has 0 aliphatic heterocycles. The Bertz CT molecular complexity index is 1220. The van der Waals surface area contributed by atoms with Gasteiger partial charge in [0.1, 0.15) is 14.9 Å². The van der Waals surface area contributed by atoms with Crippen molar-refractivity contribution in [3.63, 3.8) is 0 Å². The van der Waals surface area contributed by atoms with Crippen molar-refractivity contribution in [2.45, 2.75) is 79.5 Å². The number of benzene rings is 1. The van der Waals surface area contributed by atoms with E-state index in [2.05, 4.69) is 46.1 Å². The molecule has 1 aromatic carbocycles. The molecule has 1 unspecified atom stereocenters. The second-order valence-corrected chi connectivity index (χ2v) is 14.7. The van der Waals surface area contributed by atoms with Crippen molar-refractivity contribution >= 4 is 46.3 Å². The van der Waals surface area contributed by atoms with Crippen molar-refractivity contribution in [2.75, 3.05) is 0 Å². The number of halogens is 2. The highest BCUT2D eigenvalue weighted by Crippen LogP contribution is 2.56. The van der Waals surface area contributed by atoms with E-state index in [0.29, 0.717) is 16.1 Å². The molecule has 0 amide bonds. The zero-order chi connectivity index (χ0) is 25.5. The topological polar surface area (TPSA) is 60.9 Å².